The van der Waals surface area contributed by atoms with Crippen LogP contribution >= 0.6 is 0 Å². The van der Waals surface area contributed by atoms with Gasteiger partial charge in [0.05, 0.1) is 17.2 Å². The zero-order chi connectivity index (χ0) is 31.4. The van der Waals surface area contributed by atoms with Gasteiger partial charge in [-0.2, -0.15) is 0 Å². The lowest BCUT2D eigenvalue weighted by Gasteiger charge is -2.34. The van der Waals surface area contributed by atoms with Crippen LogP contribution in [-0.2, 0) is 19.2 Å². The van der Waals surface area contributed by atoms with Gasteiger partial charge in [0.25, 0.3) is 5.91 Å². The molecule has 0 aliphatic carbocycles. The highest BCUT2D eigenvalue weighted by Gasteiger charge is 2.34. The van der Waals surface area contributed by atoms with Gasteiger partial charge in [-0.25, -0.2) is 14.8 Å². The smallest absolute Gasteiger partial charge is 0.322 e. The van der Waals surface area contributed by atoms with Crippen molar-refractivity contribution in [3.05, 3.63) is 47.4 Å². The van der Waals surface area contributed by atoms with Crippen molar-refractivity contribution in [1.29, 1.82) is 0 Å². The van der Waals surface area contributed by atoms with Crippen LogP contribution in [0.25, 0.3) is 17.0 Å². The molecule has 11 nitrogen and oxygen atoms in total. The lowest BCUT2D eigenvalue weighted by molar-refractivity contribution is -0.148. The Morgan fingerprint density at radius 2 is 1.79 bits per heavy atom. The molecule has 2 aromatic rings. The van der Waals surface area contributed by atoms with Crippen molar-refractivity contribution in [3.63, 3.8) is 0 Å². The highest BCUT2D eigenvalue weighted by atomic mass is 19.1. The molecule has 3 amide bonds. The standard InChI is InChI=1S/C30H40FN5O6/c1-16(2)24(26(38)32-17(3)27(39)36-15-7-8-22(35-36)28(40)41)34-29(42)30(5,6)14-13-19-9-10-20-11-12-21(18(4)37)33-25(20)23(19)31/h9-14,16-18,22,24,35,37H,7-8,15H2,1-6H3,(H,32,38)(H,34,42)(H,40,41)/b14-13+/t17-,18+,22-,24-/m0/s1. The number of carboxylic acid groups (broad SMARTS) is 1. The Kier molecular flexibility index (Phi) is 10.4. The monoisotopic (exact) mass is 585 g/mol. The first-order chi connectivity index (χ1) is 19.6. The minimum Gasteiger partial charge on any atom is -0.480 e. The first-order valence-electron chi connectivity index (χ1n) is 14.0. The fourth-order valence-corrected chi connectivity index (χ4v) is 4.50. The third-order valence-corrected chi connectivity index (χ3v) is 7.26. The minimum atomic E-state index is -1.14. The van der Waals surface area contributed by atoms with Gasteiger partial charge in [0, 0.05) is 17.5 Å². The molecule has 1 aliphatic heterocycles. The number of pyridine rings is 1. The molecule has 228 valence electrons. The summed E-state index contributed by atoms with van der Waals surface area (Å²) in [6, 6.07) is 3.76. The Morgan fingerprint density at radius 1 is 1.12 bits per heavy atom. The number of nitrogens with one attached hydrogen (secondary N) is 3. The molecular formula is C30H40FN5O6. The number of aliphatic hydroxyl groups is 1. The van der Waals surface area contributed by atoms with E-state index in [-0.39, 0.29) is 17.0 Å². The number of fused-ring (bicyclic) bond motifs is 1. The average Bonchev–Trinajstić information content (AvgIpc) is 2.94. The predicted octanol–water partition coefficient (Wildman–Crippen LogP) is 2.69. The number of carbonyl (C=O) groups is 4. The van der Waals surface area contributed by atoms with E-state index in [1.54, 1.807) is 58.9 Å². The molecule has 4 atom stereocenters. The van der Waals surface area contributed by atoms with Crippen molar-refractivity contribution in [2.24, 2.45) is 11.3 Å². The lowest BCUT2D eigenvalue weighted by atomic mass is 9.89. The number of rotatable bonds is 10. The van der Waals surface area contributed by atoms with E-state index in [1.165, 1.54) is 24.1 Å². The molecule has 1 aromatic heterocycles. The highest BCUT2D eigenvalue weighted by Crippen LogP contribution is 2.25. The van der Waals surface area contributed by atoms with Crippen LogP contribution < -0.4 is 16.1 Å². The maximum absolute atomic E-state index is 15.3. The summed E-state index contributed by atoms with van der Waals surface area (Å²) in [6.45, 7) is 10.1. The van der Waals surface area contributed by atoms with Gasteiger partial charge in [0.15, 0.2) is 5.82 Å². The van der Waals surface area contributed by atoms with E-state index in [2.05, 4.69) is 21.0 Å². The number of hydrogen-bond donors (Lipinski definition) is 5. The molecule has 12 heteroatoms. The first-order valence-corrected chi connectivity index (χ1v) is 14.0. The van der Waals surface area contributed by atoms with E-state index in [4.69, 9.17) is 0 Å². The second-order valence-corrected chi connectivity index (χ2v) is 11.6. The van der Waals surface area contributed by atoms with Crippen molar-refractivity contribution < 1.29 is 33.8 Å². The Bertz CT molecular complexity index is 1380. The molecule has 1 saturated heterocycles. The van der Waals surface area contributed by atoms with Crippen LogP contribution in [-0.4, -0.2) is 68.6 Å². The van der Waals surface area contributed by atoms with Crippen molar-refractivity contribution >= 4 is 40.7 Å². The van der Waals surface area contributed by atoms with Gasteiger partial charge in [-0.05, 0) is 52.5 Å². The second kappa shape index (κ2) is 13.4. The van der Waals surface area contributed by atoms with Crippen LogP contribution in [0.15, 0.2) is 30.3 Å². The van der Waals surface area contributed by atoms with Crippen LogP contribution in [0.1, 0.15) is 71.7 Å². The molecule has 0 saturated carbocycles. The number of aliphatic hydroxyl groups excluding tert-OH is 1. The molecule has 3 rings (SSSR count). The number of aliphatic carboxylic acids is 1. The summed E-state index contributed by atoms with van der Waals surface area (Å²) in [5.41, 5.74) is 2.19. The van der Waals surface area contributed by atoms with E-state index in [9.17, 15) is 29.4 Å². The number of nitrogens with zero attached hydrogens (tertiary/aromatic N) is 2. The summed E-state index contributed by atoms with van der Waals surface area (Å²) in [5.74, 6) is -3.51. The number of halogens is 1. The first kappa shape index (κ1) is 32.6. The summed E-state index contributed by atoms with van der Waals surface area (Å²) < 4.78 is 15.3. The summed E-state index contributed by atoms with van der Waals surface area (Å²) in [6.07, 6.45) is 3.06. The van der Waals surface area contributed by atoms with E-state index in [0.717, 1.165) is 0 Å². The molecule has 0 unspecified atom stereocenters. The number of amides is 3. The fourth-order valence-electron chi connectivity index (χ4n) is 4.50. The van der Waals surface area contributed by atoms with Gasteiger partial charge in [-0.15, -0.1) is 0 Å². The molecule has 42 heavy (non-hydrogen) atoms. The van der Waals surface area contributed by atoms with Crippen molar-refractivity contribution in [1.82, 2.24) is 26.1 Å². The molecule has 2 heterocycles. The molecule has 1 aliphatic rings. The van der Waals surface area contributed by atoms with Crippen LogP contribution in [0, 0.1) is 17.2 Å². The minimum absolute atomic E-state index is 0.108. The fraction of sp³-hybridized carbons (Fsp3) is 0.500. The van der Waals surface area contributed by atoms with Gasteiger partial charge in [0.2, 0.25) is 11.8 Å². The zero-order valence-electron chi connectivity index (χ0n) is 24.8. The maximum Gasteiger partial charge on any atom is 0.322 e. The van der Waals surface area contributed by atoms with Gasteiger partial charge in [-0.3, -0.25) is 24.2 Å². The Morgan fingerprint density at radius 3 is 2.40 bits per heavy atom. The molecule has 5 N–H and O–H groups in total. The van der Waals surface area contributed by atoms with Gasteiger partial charge in [0.1, 0.15) is 23.6 Å². The van der Waals surface area contributed by atoms with Crippen LogP contribution in [0.4, 0.5) is 4.39 Å². The number of hydrazine groups is 1. The molecule has 1 aromatic carbocycles. The Hall–Kier alpha value is -3.90. The van der Waals surface area contributed by atoms with Crippen LogP contribution in [0.2, 0.25) is 0 Å². The topological polar surface area (TPSA) is 161 Å². The predicted molar refractivity (Wildman–Crippen MR) is 155 cm³/mol. The number of benzene rings is 1. The Balaban J connectivity index is 1.69. The maximum atomic E-state index is 15.3. The molecule has 0 spiro atoms. The number of aromatic nitrogens is 1. The van der Waals surface area contributed by atoms with Crippen LogP contribution in [0.5, 0.6) is 0 Å². The average molecular weight is 586 g/mol. The number of carboxylic acids is 1. The van der Waals surface area contributed by atoms with Crippen LogP contribution in [0.3, 0.4) is 0 Å². The summed E-state index contributed by atoms with van der Waals surface area (Å²) in [5, 5.41) is 26.2. The van der Waals surface area contributed by atoms with Crippen molar-refractivity contribution in [2.45, 2.75) is 78.6 Å². The lowest BCUT2D eigenvalue weighted by Crippen LogP contribution is -2.61. The number of carbonyl (C=O) groups excluding carboxylic acids is 3. The highest BCUT2D eigenvalue weighted by molar-refractivity contribution is 5.94. The number of hydrogen-bond acceptors (Lipinski definition) is 7. The van der Waals surface area contributed by atoms with Crippen molar-refractivity contribution in [2.75, 3.05) is 6.54 Å². The van der Waals surface area contributed by atoms with Gasteiger partial charge >= 0.3 is 5.97 Å². The molecule has 1 fully saturated rings. The molecular weight excluding hydrogens is 545 g/mol. The van der Waals surface area contributed by atoms with E-state index < -0.39 is 59.2 Å². The summed E-state index contributed by atoms with van der Waals surface area (Å²) >= 11 is 0. The largest absolute Gasteiger partial charge is 0.480 e. The summed E-state index contributed by atoms with van der Waals surface area (Å²) in [7, 11) is 0. The van der Waals surface area contributed by atoms with E-state index >= 15 is 4.39 Å². The second-order valence-electron chi connectivity index (χ2n) is 11.6. The Labute approximate surface area is 244 Å². The van der Waals surface area contributed by atoms with Gasteiger partial charge < -0.3 is 20.8 Å². The SMILES string of the molecule is CC(C)[C@H](NC(=O)C(C)(C)/C=C/c1ccc2ccc([C@@H](C)O)nc2c1F)C(=O)N[C@@H](C)C(=O)N1CCC[C@@H](C(=O)O)N1. The van der Waals surface area contributed by atoms with E-state index in [0.29, 0.717) is 30.5 Å². The third-order valence-electron chi connectivity index (χ3n) is 7.26. The van der Waals surface area contributed by atoms with Gasteiger partial charge in [-0.1, -0.05) is 44.2 Å². The zero-order valence-corrected chi connectivity index (χ0v) is 24.8. The third kappa shape index (κ3) is 7.68. The molecule has 0 bridgehead atoms. The summed E-state index contributed by atoms with van der Waals surface area (Å²) in [4.78, 5) is 54.8. The molecule has 0 radical (unpaired) electrons. The normalized spacial score (nSPS) is 18.1. The van der Waals surface area contributed by atoms with Crippen molar-refractivity contribution in [3.8, 4) is 0 Å². The quantitative estimate of drug-likeness (QED) is 0.284. The van der Waals surface area contributed by atoms with E-state index in [1.807, 2.05) is 0 Å².